The molecule has 1 aliphatic carbocycles. The molecule has 0 saturated carbocycles. The van der Waals surface area contributed by atoms with E-state index >= 15 is 0 Å². The average molecular weight is 339 g/mol. The van der Waals surface area contributed by atoms with Crippen molar-refractivity contribution in [3.63, 3.8) is 0 Å². The summed E-state index contributed by atoms with van der Waals surface area (Å²) >= 11 is 7.13. The number of hydrogen-bond acceptors (Lipinski definition) is 4. The van der Waals surface area contributed by atoms with Crippen molar-refractivity contribution in [1.82, 2.24) is 9.88 Å². The van der Waals surface area contributed by atoms with Crippen molar-refractivity contribution in [3.8, 4) is 11.3 Å². The SMILES string of the molecule is CC12C=CC=CC1NC(Cn1c(-c3ccccc3)csc1=S)=N2. The third-order valence-electron chi connectivity index (χ3n) is 4.34. The summed E-state index contributed by atoms with van der Waals surface area (Å²) in [6, 6.07) is 10.6. The first-order chi connectivity index (χ1) is 11.2. The van der Waals surface area contributed by atoms with E-state index in [4.69, 9.17) is 17.2 Å². The Morgan fingerprint density at radius 2 is 2.13 bits per heavy atom. The minimum absolute atomic E-state index is 0.185. The van der Waals surface area contributed by atoms with Gasteiger partial charge in [-0.2, -0.15) is 0 Å². The minimum atomic E-state index is -0.185. The molecule has 2 heterocycles. The monoisotopic (exact) mass is 339 g/mol. The topological polar surface area (TPSA) is 29.3 Å². The lowest BCUT2D eigenvalue weighted by molar-refractivity contribution is 0.524. The van der Waals surface area contributed by atoms with Crippen molar-refractivity contribution in [3.05, 3.63) is 64.0 Å². The highest BCUT2D eigenvalue weighted by atomic mass is 32.1. The van der Waals surface area contributed by atoms with Gasteiger partial charge in [0.2, 0.25) is 0 Å². The third kappa shape index (κ3) is 2.60. The molecule has 2 unspecified atom stereocenters. The zero-order valence-electron chi connectivity index (χ0n) is 12.8. The van der Waals surface area contributed by atoms with Crippen LogP contribution in [0.2, 0.25) is 0 Å². The van der Waals surface area contributed by atoms with Gasteiger partial charge >= 0.3 is 0 Å². The van der Waals surface area contributed by atoms with Gasteiger partial charge in [0, 0.05) is 5.38 Å². The lowest BCUT2D eigenvalue weighted by Crippen LogP contribution is -2.41. The van der Waals surface area contributed by atoms with Crippen LogP contribution >= 0.6 is 23.6 Å². The van der Waals surface area contributed by atoms with Crippen molar-refractivity contribution in [2.45, 2.75) is 25.0 Å². The fourth-order valence-electron chi connectivity index (χ4n) is 3.07. The van der Waals surface area contributed by atoms with Crippen LogP contribution in [0, 0.1) is 3.95 Å². The summed E-state index contributed by atoms with van der Waals surface area (Å²) in [6.45, 7) is 2.84. The number of aromatic nitrogens is 1. The Bertz CT molecular complexity index is 873. The number of aliphatic imine (C=N–C) groups is 1. The maximum Gasteiger partial charge on any atom is 0.161 e. The van der Waals surface area contributed by atoms with Gasteiger partial charge in [-0.05, 0) is 24.7 Å². The van der Waals surface area contributed by atoms with Crippen molar-refractivity contribution >= 4 is 29.4 Å². The second-order valence-corrected chi connectivity index (χ2v) is 7.49. The first-order valence-corrected chi connectivity index (χ1v) is 8.89. The molecular weight excluding hydrogens is 322 g/mol. The molecule has 3 nitrogen and oxygen atoms in total. The standard InChI is InChI=1S/C18H17N3S2/c1-18-10-6-5-9-15(18)19-16(20-18)11-21-14(12-23-17(21)22)13-7-3-2-4-8-13/h2-10,12,15H,11H2,1H3,(H,19,20). The van der Waals surface area contributed by atoms with Crippen LogP contribution in [0.4, 0.5) is 0 Å². The number of nitrogens with one attached hydrogen (secondary N) is 1. The zero-order chi connectivity index (χ0) is 15.9. The van der Waals surface area contributed by atoms with Crippen LogP contribution in [0.1, 0.15) is 6.92 Å². The number of thiazole rings is 1. The van der Waals surface area contributed by atoms with E-state index in [1.807, 2.05) is 6.07 Å². The summed E-state index contributed by atoms with van der Waals surface area (Å²) < 4.78 is 3.04. The van der Waals surface area contributed by atoms with Gasteiger partial charge in [-0.3, -0.25) is 4.99 Å². The number of hydrogen-bond donors (Lipinski definition) is 1. The van der Waals surface area contributed by atoms with Crippen LogP contribution in [0.5, 0.6) is 0 Å². The van der Waals surface area contributed by atoms with Gasteiger partial charge in [-0.1, -0.05) is 54.6 Å². The molecule has 0 saturated heterocycles. The molecule has 23 heavy (non-hydrogen) atoms. The van der Waals surface area contributed by atoms with E-state index in [0.29, 0.717) is 6.54 Å². The van der Waals surface area contributed by atoms with E-state index in [-0.39, 0.29) is 11.6 Å². The smallest absolute Gasteiger partial charge is 0.161 e. The predicted molar refractivity (Wildman–Crippen MR) is 99.6 cm³/mol. The van der Waals surface area contributed by atoms with E-state index in [1.54, 1.807) is 11.3 Å². The van der Waals surface area contributed by atoms with E-state index < -0.39 is 0 Å². The Kier molecular flexibility index (Phi) is 3.54. The summed E-state index contributed by atoms with van der Waals surface area (Å²) in [6.07, 6.45) is 8.46. The van der Waals surface area contributed by atoms with Gasteiger partial charge in [0.05, 0.1) is 18.3 Å². The highest BCUT2D eigenvalue weighted by molar-refractivity contribution is 7.73. The quantitative estimate of drug-likeness (QED) is 0.849. The van der Waals surface area contributed by atoms with Crippen LogP contribution < -0.4 is 5.32 Å². The normalized spacial score (nSPS) is 25.1. The van der Waals surface area contributed by atoms with Gasteiger partial charge in [0.25, 0.3) is 0 Å². The summed E-state index contributed by atoms with van der Waals surface area (Å²) in [4.78, 5) is 4.90. The lowest BCUT2D eigenvalue weighted by atomic mass is 9.90. The molecule has 0 amide bonds. The summed E-state index contributed by atoms with van der Waals surface area (Å²) in [5.41, 5.74) is 2.15. The molecule has 2 aromatic rings. The first-order valence-electron chi connectivity index (χ1n) is 7.61. The van der Waals surface area contributed by atoms with Crippen LogP contribution in [0.15, 0.2) is 65.0 Å². The fourth-order valence-corrected chi connectivity index (χ4v) is 4.15. The average Bonchev–Trinajstić information content (AvgIpc) is 3.08. The number of benzene rings is 1. The summed E-state index contributed by atoms with van der Waals surface area (Å²) in [7, 11) is 0. The number of amidine groups is 1. The van der Waals surface area contributed by atoms with Crippen molar-refractivity contribution in [2.24, 2.45) is 4.99 Å². The predicted octanol–water partition coefficient (Wildman–Crippen LogP) is 4.20. The second kappa shape index (κ2) is 5.58. The number of nitrogens with zero attached hydrogens (tertiary/aromatic N) is 2. The van der Waals surface area contributed by atoms with Crippen LogP contribution in [0.25, 0.3) is 11.3 Å². The van der Waals surface area contributed by atoms with Gasteiger partial charge in [-0.25, -0.2) is 0 Å². The Morgan fingerprint density at radius 1 is 1.30 bits per heavy atom. The maximum atomic E-state index is 5.53. The fraction of sp³-hybridized carbons (Fsp3) is 0.222. The lowest BCUT2D eigenvalue weighted by Gasteiger charge is -2.24. The van der Waals surface area contributed by atoms with Crippen LogP contribution in [-0.2, 0) is 6.54 Å². The number of allylic oxidation sites excluding steroid dienone is 2. The first kappa shape index (κ1) is 14.6. The molecule has 5 heteroatoms. The molecule has 0 fully saturated rings. The number of rotatable bonds is 3. The van der Waals surface area contributed by atoms with Crippen LogP contribution in [0.3, 0.4) is 0 Å². The maximum absolute atomic E-state index is 5.53. The highest BCUT2D eigenvalue weighted by Gasteiger charge is 2.37. The minimum Gasteiger partial charge on any atom is -0.363 e. The molecule has 2 aliphatic rings. The Labute approximate surface area is 144 Å². The van der Waals surface area contributed by atoms with Crippen molar-refractivity contribution in [1.29, 1.82) is 0 Å². The third-order valence-corrected chi connectivity index (χ3v) is 5.61. The largest absolute Gasteiger partial charge is 0.363 e. The Morgan fingerprint density at radius 3 is 2.91 bits per heavy atom. The Balaban J connectivity index is 1.68. The molecule has 1 aliphatic heterocycles. The molecule has 1 N–H and O–H groups in total. The van der Waals surface area contributed by atoms with E-state index in [1.165, 1.54) is 5.56 Å². The molecule has 0 radical (unpaired) electrons. The second-order valence-electron chi connectivity index (χ2n) is 5.99. The summed E-state index contributed by atoms with van der Waals surface area (Å²) in [5, 5.41) is 5.65. The van der Waals surface area contributed by atoms with Gasteiger partial charge in [-0.15, -0.1) is 11.3 Å². The van der Waals surface area contributed by atoms with E-state index in [9.17, 15) is 0 Å². The highest BCUT2D eigenvalue weighted by Crippen LogP contribution is 2.29. The summed E-state index contributed by atoms with van der Waals surface area (Å²) in [5.74, 6) is 0.986. The Hall–Kier alpha value is -1.98. The van der Waals surface area contributed by atoms with Crippen LogP contribution in [-0.4, -0.2) is 22.0 Å². The molecule has 4 rings (SSSR count). The molecule has 0 spiro atoms. The zero-order valence-corrected chi connectivity index (χ0v) is 14.4. The van der Waals surface area contributed by atoms with Crippen molar-refractivity contribution in [2.75, 3.05) is 0 Å². The van der Waals surface area contributed by atoms with Crippen molar-refractivity contribution < 1.29 is 0 Å². The number of fused-ring (bicyclic) bond motifs is 1. The van der Waals surface area contributed by atoms with Gasteiger partial charge in [0.1, 0.15) is 11.4 Å². The van der Waals surface area contributed by atoms with E-state index in [0.717, 1.165) is 15.5 Å². The molecule has 116 valence electrons. The molecule has 1 aromatic heterocycles. The molecular formula is C18H17N3S2. The van der Waals surface area contributed by atoms with Gasteiger partial charge in [0.15, 0.2) is 3.95 Å². The van der Waals surface area contributed by atoms with Gasteiger partial charge < -0.3 is 9.88 Å². The van der Waals surface area contributed by atoms with E-state index in [2.05, 4.69) is 70.8 Å². The molecule has 0 bridgehead atoms. The molecule has 2 atom stereocenters. The molecule has 1 aromatic carbocycles.